The van der Waals surface area contributed by atoms with Crippen LogP contribution in [0.5, 0.6) is 0 Å². The van der Waals surface area contributed by atoms with Gasteiger partial charge in [-0.1, -0.05) is 25.0 Å². The molecule has 0 N–H and O–H groups in total. The Kier molecular flexibility index (Phi) is 0.787. The van der Waals surface area contributed by atoms with Crippen molar-refractivity contribution in [2.45, 2.75) is 32.5 Å². The summed E-state index contributed by atoms with van der Waals surface area (Å²) in [5, 5.41) is 0. The second-order valence-electron chi connectivity index (χ2n) is 1.77. The second-order valence-corrected chi connectivity index (χ2v) is 1.77. The molecule has 0 aromatic carbocycles. The molecule has 0 radical (unpaired) electrons. The summed E-state index contributed by atoms with van der Waals surface area (Å²) < 4.78 is 38.2. The van der Waals surface area contributed by atoms with E-state index in [-0.39, 0.29) is 12.8 Å². The van der Waals surface area contributed by atoms with Crippen LogP contribution in [0, 0.1) is 5.89 Å². The number of hydrogen-bond acceptors (Lipinski definition) is 0. The number of allylic oxidation sites excluding steroid dienone is 2. The first-order chi connectivity index (χ1) is 5.77. The highest BCUT2D eigenvalue weighted by atomic mass is 14.2. The summed E-state index contributed by atoms with van der Waals surface area (Å²) in [6.45, 7) is 1.68. The summed E-state index contributed by atoms with van der Waals surface area (Å²) in [6.07, 6.45) is -0.401. The first-order valence-corrected chi connectivity index (χ1v) is 2.91. The fraction of sp³-hybridized carbons (Fsp3) is 0.750. The minimum Gasteiger partial charge on any atom is -0.0914 e. The van der Waals surface area contributed by atoms with Crippen LogP contribution < -0.4 is 0 Å². The lowest BCUT2D eigenvalue weighted by molar-refractivity contribution is 0.685. The molecule has 1 aliphatic rings. The molecule has 0 saturated heterocycles. The van der Waals surface area contributed by atoms with Crippen molar-refractivity contribution in [3.05, 3.63) is 12.2 Å². The van der Waals surface area contributed by atoms with Gasteiger partial charge in [-0.05, 0) is 25.6 Å². The van der Waals surface area contributed by atoms with E-state index in [9.17, 15) is 0 Å². The Morgan fingerprint density at radius 1 is 1.62 bits per heavy atom. The lowest BCUT2D eigenvalue weighted by Crippen LogP contribution is -1.83. The quantitative estimate of drug-likeness (QED) is 0.461. The van der Waals surface area contributed by atoms with Gasteiger partial charge in [0.1, 0.15) is 0 Å². The number of hydrogen-bond donors (Lipinski definition) is 0. The highest BCUT2D eigenvalue weighted by Crippen LogP contribution is 2.25. The van der Waals surface area contributed by atoms with Crippen molar-refractivity contribution < 1.29 is 6.85 Å². The highest BCUT2D eigenvalue weighted by Gasteiger charge is 2.09. The van der Waals surface area contributed by atoms with Crippen LogP contribution in [0.4, 0.5) is 0 Å². The minimum atomic E-state index is -1.76. The van der Waals surface area contributed by atoms with Gasteiger partial charge in [-0.2, -0.15) is 0 Å². The SMILES string of the molecule is [2H]C1([2H])CCC([2H])([2H])C1([2H])C=CC. The first kappa shape index (κ1) is 2.17. The van der Waals surface area contributed by atoms with Gasteiger partial charge in [0.05, 0.1) is 0 Å². The predicted octanol–water partition coefficient (Wildman–Crippen LogP) is 2.75. The van der Waals surface area contributed by atoms with Gasteiger partial charge in [0.2, 0.25) is 0 Å². The summed E-state index contributed by atoms with van der Waals surface area (Å²) in [5.41, 5.74) is 0. The number of rotatable bonds is 1. The molecule has 0 amide bonds. The summed E-state index contributed by atoms with van der Waals surface area (Å²) in [4.78, 5) is 0. The van der Waals surface area contributed by atoms with Crippen LogP contribution >= 0.6 is 0 Å². The molecular formula is C8H14. The zero-order valence-electron chi connectivity index (χ0n) is 10.1. The van der Waals surface area contributed by atoms with Gasteiger partial charge < -0.3 is 0 Å². The van der Waals surface area contributed by atoms with E-state index in [0.717, 1.165) is 0 Å². The van der Waals surface area contributed by atoms with E-state index in [1.54, 1.807) is 13.0 Å². The third-order valence-corrected chi connectivity index (χ3v) is 1.09. The van der Waals surface area contributed by atoms with Crippen molar-refractivity contribution in [3.8, 4) is 0 Å². The Bertz CT molecular complexity index is 215. The average molecular weight is 115 g/mol. The molecule has 8 heavy (non-hydrogen) atoms. The van der Waals surface area contributed by atoms with E-state index in [1.807, 2.05) is 0 Å². The molecule has 0 aliphatic heterocycles. The van der Waals surface area contributed by atoms with E-state index >= 15 is 0 Å². The lowest BCUT2D eigenvalue weighted by atomic mass is 10.1. The molecule has 1 aliphatic carbocycles. The van der Waals surface area contributed by atoms with Gasteiger partial charge >= 0.3 is 0 Å². The third kappa shape index (κ3) is 1.36. The molecule has 1 fully saturated rings. The van der Waals surface area contributed by atoms with E-state index in [4.69, 9.17) is 6.85 Å². The second kappa shape index (κ2) is 2.91. The fourth-order valence-corrected chi connectivity index (χ4v) is 0.741. The van der Waals surface area contributed by atoms with Crippen molar-refractivity contribution in [1.29, 1.82) is 0 Å². The third-order valence-electron chi connectivity index (χ3n) is 1.09. The van der Waals surface area contributed by atoms with E-state index in [0.29, 0.717) is 0 Å². The molecule has 0 atom stereocenters. The van der Waals surface area contributed by atoms with Gasteiger partial charge in [0.15, 0.2) is 0 Å². The van der Waals surface area contributed by atoms with Crippen molar-refractivity contribution in [2.24, 2.45) is 5.89 Å². The van der Waals surface area contributed by atoms with Crippen molar-refractivity contribution in [3.63, 3.8) is 0 Å². The fourth-order valence-electron chi connectivity index (χ4n) is 0.741. The van der Waals surface area contributed by atoms with Crippen LogP contribution in [0.25, 0.3) is 0 Å². The molecule has 0 aromatic rings. The van der Waals surface area contributed by atoms with Gasteiger partial charge in [-0.15, -0.1) is 0 Å². The molecule has 0 nitrogen and oxygen atoms in total. The zero-order chi connectivity index (χ0) is 10.3. The van der Waals surface area contributed by atoms with Crippen molar-refractivity contribution >= 4 is 0 Å². The van der Waals surface area contributed by atoms with Gasteiger partial charge in [0, 0.05) is 6.85 Å². The summed E-state index contributed by atoms with van der Waals surface area (Å²) in [7, 11) is 0. The Hall–Kier alpha value is -0.260. The van der Waals surface area contributed by atoms with Crippen LogP contribution in [-0.4, -0.2) is 0 Å². The minimum absolute atomic E-state index is 0.119. The molecule has 1 rings (SSSR count). The van der Waals surface area contributed by atoms with Crippen LogP contribution in [0.2, 0.25) is 0 Å². The molecule has 0 spiro atoms. The van der Waals surface area contributed by atoms with Gasteiger partial charge in [0.25, 0.3) is 0 Å². The average Bonchev–Trinajstić information content (AvgIpc) is 2.14. The maximum Gasteiger partial charge on any atom is 0.0346 e. The van der Waals surface area contributed by atoms with Gasteiger partial charge in [-0.25, -0.2) is 0 Å². The molecule has 1 saturated carbocycles. The van der Waals surface area contributed by atoms with E-state index in [1.165, 1.54) is 6.08 Å². The molecule has 0 heterocycles. The lowest BCUT2D eigenvalue weighted by Gasteiger charge is -1.96. The zero-order valence-corrected chi connectivity index (χ0v) is 5.07. The van der Waals surface area contributed by atoms with Crippen LogP contribution in [0.15, 0.2) is 12.2 Å². The van der Waals surface area contributed by atoms with Crippen LogP contribution in [0.1, 0.15) is 39.4 Å². The molecule has 46 valence electrons. The molecule has 0 aromatic heterocycles. The van der Waals surface area contributed by atoms with Crippen molar-refractivity contribution in [2.75, 3.05) is 0 Å². The smallest absolute Gasteiger partial charge is 0.0346 e. The Morgan fingerprint density at radius 3 is 2.75 bits per heavy atom. The predicted molar refractivity (Wildman–Crippen MR) is 36.8 cm³/mol. The summed E-state index contributed by atoms with van der Waals surface area (Å²) >= 11 is 0. The van der Waals surface area contributed by atoms with Crippen molar-refractivity contribution in [1.82, 2.24) is 0 Å². The standard InChI is InChI=1S/C8H14/c1-2-5-8-6-3-4-7-8/h2,5,8H,3-4,6-7H2,1H3/i6D2,7D2,8D. The molecule has 0 heteroatoms. The maximum atomic E-state index is 7.85. The monoisotopic (exact) mass is 115 g/mol. The van der Waals surface area contributed by atoms with E-state index in [2.05, 4.69) is 0 Å². The molecule has 0 unspecified atom stereocenters. The van der Waals surface area contributed by atoms with E-state index < -0.39 is 18.6 Å². The summed E-state index contributed by atoms with van der Waals surface area (Å²) in [5.74, 6) is -1.73. The molecule has 0 bridgehead atoms. The highest BCUT2D eigenvalue weighted by molar-refractivity contribution is 4.87. The Balaban J connectivity index is 3.13. The largest absolute Gasteiger partial charge is 0.0914 e. The van der Waals surface area contributed by atoms with Gasteiger partial charge in [-0.3, -0.25) is 0 Å². The Labute approximate surface area is 58.6 Å². The summed E-state index contributed by atoms with van der Waals surface area (Å²) in [6, 6.07) is 0. The Morgan fingerprint density at radius 2 is 2.25 bits per heavy atom. The van der Waals surface area contributed by atoms with Crippen LogP contribution in [-0.2, 0) is 0 Å². The molecular weight excluding hydrogens is 96.1 g/mol. The first-order valence-electron chi connectivity index (χ1n) is 5.41. The maximum absolute atomic E-state index is 7.85. The van der Waals surface area contributed by atoms with Crippen LogP contribution in [0.3, 0.4) is 0 Å². The normalized spacial score (nSPS) is 48.9. The topological polar surface area (TPSA) is 0 Å².